The Hall–Kier alpha value is -6.18. The Morgan fingerprint density at radius 2 is 0.750 bits per heavy atom. The van der Waals surface area contributed by atoms with Gasteiger partial charge in [0, 0.05) is 17.1 Å². The lowest BCUT2D eigenvalue weighted by atomic mass is 9.70. The van der Waals surface area contributed by atoms with Gasteiger partial charge in [0.2, 0.25) is 0 Å². The molecule has 10 rings (SSSR count). The van der Waals surface area contributed by atoms with Crippen LogP contribution in [0.25, 0.3) is 44.2 Å². The SMILES string of the molecule is c1ccc(-c2ccc(N(c3ccc4c(c3)-c3ccccc3C43c4ccccc4-c4ccccc43)c3ccc4ccccc4c3)cc2)cc1. The maximum absolute atomic E-state index is 2.42. The lowest BCUT2D eigenvalue weighted by molar-refractivity contribution is 0.794. The van der Waals surface area contributed by atoms with E-state index in [2.05, 4.69) is 193 Å². The fourth-order valence-corrected chi connectivity index (χ4v) is 8.42. The van der Waals surface area contributed by atoms with Crippen molar-refractivity contribution < 1.29 is 0 Å². The molecule has 2 aliphatic carbocycles. The molecule has 1 heteroatoms. The van der Waals surface area contributed by atoms with E-state index in [1.165, 1.54) is 66.4 Å². The number of hydrogen-bond donors (Lipinski definition) is 0. The van der Waals surface area contributed by atoms with Crippen LogP contribution in [0.1, 0.15) is 22.3 Å². The molecule has 1 spiro atoms. The maximum atomic E-state index is 2.42. The number of rotatable bonds is 4. The van der Waals surface area contributed by atoms with Gasteiger partial charge >= 0.3 is 0 Å². The molecule has 0 aliphatic heterocycles. The third-order valence-corrected chi connectivity index (χ3v) is 10.5. The Labute approximate surface area is 281 Å². The average Bonchev–Trinajstić information content (AvgIpc) is 3.63. The van der Waals surface area contributed by atoms with Gasteiger partial charge in [-0.3, -0.25) is 0 Å². The molecule has 48 heavy (non-hydrogen) atoms. The van der Waals surface area contributed by atoms with Gasteiger partial charge in [-0.25, -0.2) is 0 Å². The van der Waals surface area contributed by atoms with Crippen molar-refractivity contribution in [1.29, 1.82) is 0 Å². The predicted octanol–water partition coefficient (Wildman–Crippen LogP) is 12.3. The van der Waals surface area contributed by atoms with Crippen LogP contribution in [0.2, 0.25) is 0 Å². The van der Waals surface area contributed by atoms with Gasteiger partial charge in [-0.1, -0.05) is 152 Å². The van der Waals surface area contributed by atoms with E-state index in [9.17, 15) is 0 Å². The molecule has 2 aliphatic rings. The molecule has 0 atom stereocenters. The van der Waals surface area contributed by atoms with Crippen molar-refractivity contribution in [1.82, 2.24) is 0 Å². The summed E-state index contributed by atoms with van der Waals surface area (Å²) in [6, 6.07) is 69.2. The quantitative estimate of drug-likeness (QED) is 0.192. The highest BCUT2D eigenvalue weighted by Crippen LogP contribution is 2.63. The molecule has 0 aromatic heterocycles. The standard InChI is InChI=1S/C47H31N/c1-2-12-32(13-3-1)34-22-25-36(26-23-34)48(37-27-24-33-14-4-5-15-35(33)30-37)38-28-29-46-42(31-38)41-18-8-11-21-45(41)47(46)43-19-9-6-16-39(43)40-17-7-10-20-44(40)47/h1-31H. The van der Waals surface area contributed by atoms with Crippen molar-refractivity contribution in [3.63, 3.8) is 0 Å². The predicted molar refractivity (Wildman–Crippen MR) is 200 cm³/mol. The zero-order chi connectivity index (χ0) is 31.7. The van der Waals surface area contributed by atoms with Gasteiger partial charge in [0.25, 0.3) is 0 Å². The fraction of sp³-hybridized carbons (Fsp3) is 0.0213. The first kappa shape index (κ1) is 27.0. The van der Waals surface area contributed by atoms with Crippen LogP contribution >= 0.6 is 0 Å². The Bertz CT molecular complexity index is 2460. The second kappa shape index (κ2) is 10.4. The van der Waals surface area contributed by atoms with Gasteiger partial charge < -0.3 is 4.90 Å². The van der Waals surface area contributed by atoms with Crippen molar-refractivity contribution in [3.8, 4) is 33.4 Å². The molecule has 0 amide bonds. The van der Waals surface area contributed by atoms with E-state index in [1.54, 1.807) is 0 Å². The zero-order valence-corrected chi connectivity index (χ0v) is 26.3. The van der Waals surface area contributed by atoms with E-state index < -0.39 is 0 Å². The summed E-state index contributed by atoms with van der Waals surface area (Å²) in [6.45, 7) is 0. The minimum absolute atomic E-state index is 0.344. The van der Waals surface area contributed by atoms with E-state index in [0.717, 1.165) is 17.1 Å². The number of nitrogens with zero attached hydrogens (tertiary/aromatic N) is 1. The number of anilines is 3. The minimum Gasteiger partial charge on any atom is -0.310 e. The van der Waals surface area contributed by atoms with Crippen molar-refractivity contribution in [2.24, 2.45) is 0 Å². The molecule has 0 fully saturated rings. The molecule has 0 saturated heterocycles. The van der Waals surface area contributed by atoms with Gasteiger partial charge in [0.05, 0.1) is 5.41 Å². The monoisotopic (exact) mass is 609 g/mol. The summed E-state index contributed by atoms with van der Waals surface area (Å²) < 4.78 is 0. The van der Waals surface area contributed by atoms with Crippen molar-refractivity contribution in [2.45, 2.75) is 5.41 Å². The summed E-state index contributed by atoms with van der Waals surface area (Å²) in [4.78, 5) is 2.41. The van der Waals surface area contributed by atoms with Gasteiger partial charge in [-0.05, 0) is 103 Å². The van der Waals surface area contributed by atoms with Gasteiger partial charge in [-0.15, -0.1) is 0 Å². The van der Waals surface area contributed by atoms with E-state index in [4.69, 9.17) is 0 Å². The van der Waals surface area contributed by atoms with Crippen molar-refractivity contribution >= 4 is 27.8 Å². The lowest BCUT2D eigenvalue weighted by Gasteiger charge is -2.31. The Morgan fingerprint density at radius 1 is 0.292 bits per heavy atom. The molecule has 0 N–H and O–H groups in total. The normalized spacial score (nSPS) is 13.2. The van der Waals surface area contributed by atoms with Crippen LogP contribution in [0.3, 0.4) is 0 Å². The summed E-state index contributed by atoms with van der Waals surface area (Å²) in [5, 5.41) is 2.47. The van der Waals surface area contributed by atoms with Crippen molar-refractivity contribution in [3.05, 3.63) is 210 Å². The Kier molecular flexibility index (Phi) is 5.86. The molecule has 1 nitrogen and oxygen atoms in total. The Morgan fingerprint density at radius 3 is 1.42 bits per heavy atom. The van der Waals surface area contributed by atoms with Crippen LogP contribution in [0.15, 0.2) is 188 Å². The van der Waals surface area contributed by atoms with Crippen LogP contribution in [0, 0.1) is 0 Å². The van der Waals surface area contributed by atoms with Crippen LogP contribution in [-0.4, -0.2) is 0 Å². The summed E-state index contributed by atoms with van der Waals surface area (Å²) >= 11 is 0. The fourth-order valence-electron chi connectivity index (χ4n) is 8.42. The summed E-state index contributed by atoms with van der Waals surface area (Å²) in [5.74, 6) is 0. The van der Waals surface area contributed by atoms with Gasteiger partial charge in [0.1, 0.15) is 0 Å². The minimum atomic E-state index is -0.344. The van der Waals surface area contributed by atoms with Crippen molar-refractivity contribution in [2.75, 3.05) is 4.90 Å². The van der Waals surface area contributed by atoms with E-state index in [1.807, 2.05) is 0 Å². The highest BCUT2D eigenvalue weighted by molar-refractivity contribution is 5.97. The molecule has 8 aromatic rings. The first-order chi connectivity index (χ1) is 23.8. The zero-order valence-electron chi connectivity index (χ0n) is 26.3. The third-order valence-electron chi connectivity index (χ3n) is 10.5. The van der Waals surface area contributed by atoms with Crippen LogP contribution in [-0.2, 0) is 5.41 Å². The highest BCUT2D eigenvalue weighted by Gasteiger charge is 2.51. The van der Waals surface area contributed by atoms with E-state index in [0.29, 0.717) is 0 Å². The van der Waals surface area contributed by atoms with E-state index in [-0.39, 0.29) is 5.41 Å². The molecule has 0 radical (unpaired) electrons. The average molecular weight is 610 g/mol. The topological polar surface area (TPSA) is 3.24 Å². The molecule has 0 bridgehead atoms. The number of benzene rings is 8. The molecular weight excluding hydrogens is 579 g/mol. The highest BCUT2D eigenvalue weighted by atomic mass is 15.1. The third kappa shape index (κ3) is 3.79. The van der Waals surface area contributed by atoms with Gasteiger partial charge in [-0.2, -0.15) is 0 Å². The first-order valence-corrected chi connectivity index (χ1v) is 16.7. The molecule has 0 heterocycles. The summed E-state index contributed by atoms with van der Waals surface area (Å²) in [5.41, 5.74) is 16.2. The summed E-state index contributed by atoms with van der Waals surface area (Å²) in [6.07, 6.45) is 0. The van der Waals surface area contributed by atoms with Crippen LogP contribution < -0.4 is 4.90 Å². The van der Waals surface area contributed by atoms with Gasteiger partial charge in [0.15, 0.2) is 0 Å². The van der Waals surface area contributed by atoms with E-state index >= 15 is 0 Å². The lowest BCUT2D eigenvalue weighted by Crippen LogP contribution is -2.25. The second-order valence-corrected chi connectivity index (χ2v) is 12.9. The van der Waals surface area contributed by atoms with Crippen LogP contribution in [0.5, 0.6) is 0 Å². The molecule has 8 aromatic carbocycles. The molecular formula is C47H31N. The molecule has 224 valence electrons. The van der Waals surface area contributed by atoms with Crippen LogP contribution in [0.4, 0.5) is 17.1 Å². The number of fused-ring (bicyclic) bond motifs is 11. The first-order valence-electron chi connectivity index (χ1n) is 16.7. The molecule has 0 saturated carbocycles. The molecule has 0 unspecified atom stereocenters. The largest absolute Gasteiger partial charge is 0.310 e. The Balaban J connectivity index is 1.20. The smallest absolute Gasteiger partial charge is 0.0725 e. The second-order valence-electron chi connectivity index (χ2n) is 12.9. The maximum Gasteiger partial charge on any atom is 0.0725 e. The summed E-state index contributed by atoms with van der Waals surface area (Å²) in [7, 11) is 0. The number of hydrogen-bond acceptors (Lipinski definition) is 1.